The van der Waals surface area contributed by atoms with Crippen molar-refractivity contribution in [3.63, 3.8) is 0 Å². The third kappa shape index (κ3) is 4.07. The summed E-state index contributed by atoms with van der Waals surface area (Å²) in [5.74, 6) is -1.43. The van der Waals surface area contributed by atoms with Crippen LogP contribution in [-0.2, 0) is 31.0 Å². The molecule has 1 saturated heterocycles. The molecule has 8 nitrogen and oxygen atoms in total. The van der Waals surface area contributed by atoms with Gasteiger partial charge in [0, 0.05) is 6.42 Å². The second-order valence-electron chi connectivity index (χ2n) is 6.21. The number of methoxy groups -OCH3 is 1. The summed E-state index contributed by atoms with van der Waals surface area (Å²) in [5, 5.41) is 0. The summed E-state index contributed by atoms with van der Waals surface area (Å²) in [4.78, 5) is 11.3. The van der Waals surface area contributed by atoms with Gasteiger partial charge >= 0.3 is 6.18 Å². The van der Waals surface area contributed by atoms with Crippen LogP contribution in [-0.4, -0.2) is 35.6 Å². The molecule has 1 heterocycles. The molecule has 1 N–H and O–H groups in total. The largest absolute Gasteiger partial charge is 0.495 e. The van der Waals surface area contributed by atoms with Crippen LogP contribution in [0, 0.1) is 0 Å². The van der Waals surface area contributed by atoms with Gasteiger partial charge in [0.25, 0.3) is 10.0 Å². The maximum Gasteiger partial charge on any atom is 0.418 e. The van der Waals surface area contributed by atoms with E-state index in [4.69, 9.17) is 4.74 Å². The lowest BCUT2D eigenvalue weighted by atomic mass is 10.2. The van der Waals surface area contributed by atoms with Crippen LogP contribution in [0.4, 0.5) is 24.5 Å². The Bertz CT molecular complexity index is 1210. The number of hydrogen-bond donors (Lipinski definition) is 1. The third-order valence-corrected chi connectivity index (χ3v) is 7.30. The molecule has 0 aliphatic carbocycles. The van der Waals surface area contributed by atoms with Crippen LogP contribution in [0.15, 0.2) is 47.4 Å². The molecule has 2 aromatic rings. The van der Waals surface area contributed by atoms with Crippen molar-refractivity contribution < 1.29 is 39.5 Å². The number of halogens is 3. The van der Waals surface area contributed by atoms with Gasteiger partial charge in [0.1, 0.15) is 10.6 Å². The summed E-state index contributed by atoms with van der Waals surface area (Å²) >= 11 is 0. The number of anilines is 2. The van der Waals surface area contributed by atoms with E-state index in [2.05, 4.69) is 0 Å². The Hall–Kier alpha value is -2.80. The molecule has 1 aliphatic rings. The number of ether oxygens (including phenoxy) is 1. The molecule has 1 fully saturated rings. The average molecular weight is 464 g/mol. The molecular weight excluding hydrogens is 449 g/mol. The molecule has 162 valence electrons. The minimum Gasteiger partial charge on any atom is -0.495 e. The summed E-state index contributed by atoms with van der Waals surface area (Å²) in [6.07, 6.45) is -5.09. The highest BCUT2D eigenvalue weighted by Crippen LogP contribution is 2.37. The zero-order chi connectivity index (χ0) is 22.3. The molecule has 0 saturated carbocycles. The first-order valence-electron chi connectivity index (χ1n) is 8.30. The molecule has 13 heteroatoms. The summed E-state index contributed by atoms with van der Waals surface area (Å²) in [7, 11) is -7.50. The van der Waals surface area contributed by atoms with E-state index < -0.39 is 54.0 Å². The lowest BCUT2D eigenvalue weighted by Crippen LogP contribution is -2.29. The van der Waals surface area contributed by atoms with Crippen molar-refractivity contribution in [1.29, 1.82) is 0 Å². The van der Waals surface area contributed by atoms with Gasteiger partial charge in [-0.3, -0.25) is 9.52 Å². The molecule has 0 atom stereocenters. The lowest BCUT2D eigenvalue weighted by Gasteiger charge is -2.19. The third-order valence-electron chi connectivity index (χ3n) is 4.23. The molecule has 0 bridgehead atoms. The predicted molar refractivity (Wildman–Crippen MR) is 101 cm³/mol. The maximum absolute atomic E-state index is 13.2. The number of carbonyl (C=O) groups excluding carboxylic acids is 1. The second-order valence-corrected chi connectivity index (χ2v) is 9.80. The van der Waals surface area contributed by atoms with Gasteiger partial charge in [-0.2, -0.15) is 13.2 Å². The van der Waals surface area contributed by atoms with Crippen LogP contribution in [0.1, 0.15) is 12.0 Å². The summed E-state index contributed by atoms with van der Waals surface area (Å²) in [6.45, 7) is 0. The first-order chi connectivity index (χ1) is 13.9. The molecule has 1 amide bonds. The van der Waals surface area contributed by atoms with E-state index in [1.165, 1.54) is 12.1 Å². The van der Waals surface area contributed by atoms with Gasteiger partial charge in [0.15, 0.2) is 0 Å². The lowest BCUT2D eigenvalue weighted by molar-refractivity contribution is -0.136. The zero-order valence-corrected chi connectivity index (χ0v) is 16.9. The van der Waals surface area contributed by atoms with Crippen LogP contribution in [0.2, 0.25) is 0 Å². The standard InChI is InChI=1S/C17H15F3N2O6S2/c1-28-14-7-6-11(22-16(23)8-9-29(22,24)25)10-15(14)30(26,27)21-13-5-3-2-4-12(13)17(18,19)20/h2-7,10,21H,8-9H2,1H3. The summed E-state index contributed by atoms with van der Waals surface area (Å²) in [5.41, 5.74) is -2.19. The Morgan fingerprint density at radius 2 is 1.80 bits per heavy atom. The number of hydrogen-bond acceptors (Lipinski definition) is 6. The van der Waals surface area contributed by atoms with E-state index in [1.807, 2.05) is 4.72 Å². The Morgan fingerprint density at radius 1 is 1.13 bits per heavy atom. The Balaban J connectivity index is 2.10. The van der Waals surface area contributed by atoms with Crippen molar-refractivity contribution in [1.82, 2.24) is 0 Å². The van der Waals surface area contributed by atoms with Gasteiger partial charge in [-0.05, 0) is 30.3 Å². The summed E-state index contributed by atoms with van der Waals surface area (Å²) in [6, 6.07) is 7.11. The van der Waals surface area contributed by atoms with E-state index in [0.717, 1.165) is 31.4 Å². The van der Waals surface area contributed by atoms with Gasteiger partial charge in [-0.15, -0.1) is 0 Å². The molecule has 0 aromatic heterocycles. The molecule has 2 aromatic carbocycles. The number of rotatable bonds is 5. The SMILES string of the molecule is COc1ccc(N2C(=O)CCS2(=O)=O)cc1S(=O)(=O)Nc1ccccc1C(F)(F)F. The van der Waals surface area contributed by atoms with Gasteiger partial charge in [0.2, 0.25) is 15.9 Å². The van der Waals surface area contributed by atoms with E-state index in [9.17, 15) is 34.8 Å². The number of nitrogens with one attached hydrogen (secondary N) is 1. The molecule has 0 radical (unpaired) electrons. The van der Waals surface area contributed by atoms with E-state index in [1.54, 1.807) is 0 Å². The first-order valence-corrected chi connectivity index (χ1v) is 11.4. The van der Waals surface area contributed by atoms with Crippen molar-refractivity contribution in [3.05, 3.63) is 48.0 Å². The number of amides is 1. The number of sulfonamides is 2. The average Bonchev–Trinajstić information content (AvgIpc) is 2.93. The van der Waals surface area contributed by atoms with Crippen LogP contribution in [0.3, 0.4) is 0 Å². The highest BCUT2D eigenvalue weighted by Gasteiger charge is 2.38. The highest BCUT2D eigenvalue weighted by molar-refractivity contribution is 7.94. The number of para-hydroxylation sites is 1. The fourth-order valence-corrected chi connectivity index (χ4v) is 5.61. The van der Waals surface area contributed by atoms with Crippen molar-refractivity contribution in [2.75, 3.05) is 21.9 Å². The zero-order valence-electron chi connectivity index (χ0n) is 15.3. The van der Waals surface area contributed by atoms with Gasteiger partial charge in [0.05, 0.1) is 29.8 Å². The molecule has 1 aliphatic heterocycles. The first kappa shape index (κ1) is 21.9. The fraction of sp³-hybridized carbons (Fsp3) is 0.235. The Labute approximate surface area is 170 Å². The van der Waals surface area contributed by atoms with Crippen molar-refractivity contribution in [2.24, 2.45) is 0 Å². The van der Waals surface area contributed by atoms with Gasteiger partial charge in [-0.1, -0.05) is 12.1 Å². The molecule has 0 spiro atoms. The number of alkyl halides is 3. The topological polar surface area (TPSA) is 110 Å². The van der Waals surface area contributed by atoms with Crippen molar-refractivity contribution in [2.45, 2.75) is 17.5 Å². The van der Waals surface area contributed by atoms with Gasteiger partial charge < -0.3 is 4.74 Å². The second kappa shape index (κ2) is 7.47. The minimum atomic E-state index is -4.82. The smallest absolute Gasteiger partial charge is 0.418 e. The number of carbonyl (C=O) groups is 1. The minimum absolute atomic E-state index is 0.250. The van der Waals surface area contributed by atoms with E-state index >= 15 is 0 Å². The van der Waals surface area contributed by atoms with Gasteiger partial charge in [-0.25, -0.2) is 21.1 Å². The number of nitrogens with zero attached hydrogens (tertiary/aromatic N) is 1. The quantitative estimate of drug-likeness (QED) is 0.729. The Morgan fingerprint density at radius 3 is 2.37 bits per heavy atom. The van der Waals surface area contributed by atoms with Crippen LogP contribution in [0.25, 0.3) is 0 Å². The van der Waals surface area contributed by atoms with Crippen LogP contribution in [0.5, 0.6) is 5.75 Å². The molecule has 0 unspecified atom stereocenters. The fourth-order valence-electron chi connectivity index (χ4n) is 2.89. The van der Waals surface area contributed by atoms with E-state index in [0.29, 0.717) is 10.4 Å². The predicted octanol–water partition coefficient (Wildman–Crippen LogP) is 2.58. The molecular formula is C17H15F3N2O6S2. The molecule has 30 heavy (non-hydrogen) atoms. The Kier molecular flexibility index (Phi) is 5.45. The van der Waals surface area contributed by atoms with Crippen LogP contribution >= 0.6 is 0 Å². The maximum atomic E-state index is 13.2. The monoisotopic (exact) mass is 464 g/mol. The normalized spacial score (nSPS) is 16.5. The van der Waals surface area contributed by atoms with Crippen molar-refractivity contribution >= 4 is 37.3 Å². The van der Waals surface area contributed by atoms with Crippen molar-refractivity contribution in [3.8, 4) is 5.75 Å². The summed E-state index contributed by atoms with van der Waals surface area (Å²) < 4.78 is 96.8. The highest BCUT2D eigenvalue weighted by atomic mass is 32.2. The van der Waals surface area contributed by atoms with E-state index in [-0.39, 0.29) is 17.9 Å². The van der Waals surface area contributed by atoms with Crippen LogP contribution < -0.4 is 13.8 Å². The number of benzene rings is 2. The molecule has 3 rings (SSSR count).